The molecule has 3 heterocycles. The van der Waals surface area contributed by atoms with Crippen molar-refractivity contribution in [3.8, 4) is 0 Å². The summed E-state index contributed by atoms with van der Waals surface area (Å²) in [5, 5.41) is 6.65. The van der Waals surface area contributed by atoms with E-state index in [1.807, 2.05) is 35.7 Å². The van der Waals surface area contributed by atoms with E-state index < -0.39 is 0 Å². The minimum Gasteiger partial charge on any atom is -0.325 e. The van der Waals surface area contributed by atoms with Gasteiger partial charge in [-0.15, -0.1) is 11.3 Å². The fraction of sp³-hybridized carbons (Fsp3) is 0.222. The summed E-state index contributed by atoms with van der Waals surface area (Å²) >= 11 is 2.95. The van der Waals surface area contributed by atoms with Gasteiger partial charge in [0.15, 0.2) is 0 Å². The molecule has 0 saturated carbocycles. The fourth-order valence-corrected chi connectivity index (χ4v) is 4.47. The Hall–Kier alpha value is -2.45. The molecule has 1 N–H and O–H groups in total. The summed E-state index contributed by atoms with van der Waals surface area (Å²) in [4.78, 5) is 35.3. The first kappa shape index (κ1) is 17.0. The quantitative estimate of drug-likeness (QED) is 0.538. The van der Waals surface area contributed by atoms with E-state index in [2.05, 4.69) is 15.3 Å². The van der Waals surface area contributed by atoms with Crippen LogP contribution in [0.3, 0.4) is 0 Å². The zero-order chi connectivity index (χ0) is 17.9. The molecule has 6 nitrogen and oxygen atoms in total. The molecule has 3 aromatic rings. The van der Waals surface area contributed by atoms with Crippen molar-refractivity contribution in [1.82, 2.24) is 9.97 Å². The molecule has 26 heavy (non-hydrogen) atoms. The smallest absolute Gasteiger partial charge is 0.234 e. The number of thiophene rings is 1. The summed E-state index contributed by atoms with van der Waals surface area (Å²) in [5.41, 5.74) is 1.52. The summed E-state index contributed by atoms with van der Waals surface area (Å²) in [6, 6.07) is 9.38. The SMILES string of the molecule is O=C(CSc1ncnc2sccc12)Nc1cccc(N2CCCC2=O)c1. The van der Waals surface area contributed by atoms with E-state index >= 15 is 0 Å². The third kappa shape index (κ3) is 3.56. The number of carbonyl (C=O) groups is 2. The van der Waals surface area contributed by atoms with E-state index in [-0.39, 0.29) is 17.6 Å². The van der Waals surface area contributed by atoms with E-state index in [9.17, 15) is 9.59 Å². The van der Waals surface area contributed by atoms with Crippen LogP contribution in [0, 0.1) is 0 Å². The van der Waals surface area contributed by atoms with E-state index in [1.54, 1.807) is 16.2 Å². The third-order valence-electron chi connectivity index (χ3n) is 4.08. The topological polar surface area (TPSA) is 75.2 Å². The number of nitrogens with one attached hydrogen (secondary N) is 1. The third-order valence-corrected chi connectivity index (χ3v) is 5.91. The Morgan fingerprint density at radius 3 is 3.08 bits per heavy atom. The number of fused-ring (bicyclic) bond motifs is 1. The van der Waals surface area contributed by atoms with Gasteiger partial charge >= 0.3 is 0 Å². The Kier molecular flexibility index (Phi) is 4.85. The molecule has 0 radical (unpaired) electrons. The lowest BCUT2D eigenvalue weighted by atomic mass is 10.2. The Morgan fingerprint density at radius 1 is 1.31 bits per heavy atom. The van der Waals surface area contributed by atoms with Crippen molar-refractivity contribution in [3.05, 3.63) is 42.0 Å². The standard InChI is InChI=1S/C18H16N4O2S2/c23-15(10-26-18-14-6-8-25-17(14)19-11-20-18)21-12-3-1-4-13(9-12)22-7-2-5-16(22)24/h1,3-4,6,8-9,11H,2,5,7,10H2,(H,21,23). The number of hydrogen-bond donors (Lipinski definition) is 1. The number of amides is 2. The van der Waals surface area contributed by atoms with Gasteiger partial charge < -0.3 is 10.2 Å². The molecule has 132 valence electrons. The van der Waals surface area contributed by atoms with Crippen LogP contribution >= 0.6 is 23.1 Å². The van der Waals surface area contributed by atoms with Crippen molar-refractivity contribution in [2.45, 2.75) is 17.9 Å². The summed E-state index contributed by atoms with van der Waals surface area (Å²) in [6.45, 7) is 0.733. The van der Waals surface area contributed by atoms with Gasteiger partial charge in [-0.25, -0.2) is 9.97 Å². The van der Waals surface area contributed by atoms with Crippen LogP contribution in [0.25, 0.3) is 10.2 Å². The summed E-state index contributed by atoms with van der Waals surface area (Å²) in [7, 11) is 0. The molecule has 4 rings (SSSR count). The second-order valence-electron chi connectivity index (χ2n) is 5.85. The van der Waals surface area contributed by atoms with Gasteiger partial charge in [0.2, 0.25) is 11.8 Å². The molecule has 1 aromatic carbocycles. The van der Waals surface area contributed by atoms with E-state index in [0.717, 1.165) is 33.9 Å². The summed E-state index contributed by atoms with van der Waals surface area (Å²) in [6.07, 6.45) is 2.99. The van der Waals surface area contributed by atoms with Gasteiger partial charge in [-0.3, -0.25) is 9.59 Å². The maximum Gasteiger partial charge on any atom is 0.234 e. The largest absolute Gasteiger partial charge is 0.325 e. The van der Waals surface area contributed by atoms with Crippen LogP contribution in [0.1, 0.15) is 12.8 Å². The number of hydrogen-bond acceptors (Lipinski definition) is 6. The first-order valence-electron chi connectivity index (χ1n) is 8.22. The Balaban J connectivity index is 1.40. The second-order valence-corrected chi connectivity index (χ2v) is 7.71. The number of carbonyl (C=O) groups excluding carboxylic acids is 2. The predicted molar refractivity (Wildman–Crippen MR) is 105 cm³/mol. The zero-order valence-electron chi connectivity index (χ0n) is 13.8. The van der Waals surface area contributed by atoms with Gasteiger partial charge in [0.05, 0.1) is 5.75 Å². The molecule has 1 saturated heterocycles. The van der Waals surface area contributed by atoms with Gasteiger partial charge in [-0.2, -0.15) is 0 Å². The summed E-state index contributed by atoms with van der Waals surface area (Å²) < 4.78 is 0. The van der Waals surface area contributed by atoms with Crippen molar-refractivity contribution in [3.63, 3.8) is 0 Å². The molecule has 1 fully saturated rings. The monoisotopic (exact) mass is 384 g/mol. The molecule has 0 atom stereocenters. The van der Waals surface area contributed by atoms with Crippen molar-refractivity contribution in [2.24, 2.45) is 0 Å². The van der Waals surface area contributed by atoms with Crippen LogP contribution in [-0.4, -0.2) is 34.1 Å². The Bertz CT molecular complexity index is 972. The predicted octanol–water partition coefficient (Wildman–Crippen LogP) is 3.55. The highest BCUT2D eigenvalue weighted by Crippen LogP contribution is 2.28. The minimum absolute atomic E-state index is 0.109. The number of rotatable bonds is 5. The van der Waals surface area contributed by atoms with Gasteiger partial charge in [-0.1, -0.05) is 17.8 Å². The molecule has 1 aliphatic rings. The summed E-state index contributed by atoms with van der Waals surface area (Å²) in [5.74, 6) is 0.281. The van der Waals surface area contributed by atoms with Crippen LogP contribution in [0.5, 0.6) is 0 Å². The van der Waals surface area contributed by atoms with Crippen LogP contribution in [0.2, 0.25) is 0 Å². The van der Waals surface area contributed by atoms with Crippen molar-refractivity contribution in [1.29, 1.82) is 0 Å². The van der Waals surface area contributed by atoms with E-state index in [4.69, 9.17) is 0 Å². The molecule has 8 heteroatoms. The maximum absolute atomic E-state index is 12.3. The Morgan fingerprint density at radius 2 is 2.23 bits per heavy atom. The first-order valence-corrected chi connectivity index (χ1v) is 10.1. The highest BCUT2D eigenvalue weighted by Gasteiger charge is 2.21. The normalized spacial score (nSPS) is 14.2. The fourth-order valence-electron chi connectivity index (χ4n) is 2.89. The maximum atomic E-state index is 12.3. The molecule has 0 unspecified atom stereocenters. The highest BCUT2D eigenvalue weighted by molar-refractivity contribution is 8.00. The van der Waals surface area contributed by atoms with E-state index in [0.29, 0.717) is 12.1 Å². The molecule has 2 aromatic heterocycles. The first-order chi connectivity index (χ1) is 12.7. The molecular weight excluding hydrogens is 368 g/mol. The van der Waals surface area contributed by atoms with E-state index in [1.165, 1.54) is 18.1 Å². The van der Waals surface area contributed by atoms with Gasteiger partial charge in [-0.05, 0) is 36.1 Å². The lowest BCUT2D eigenvalue weighted by Gasteiger charge is -2.16. The zero-order valence-corrected chi connectivity index (χ0v) is 15.5. The van der Waals surface area contributed by atoms with Crippen molar-refractivity contribution < 1.29 is 9.59 Å². The lowest BCUT2D eigenvalue weighted by molar-refractivity contribution is -0.117. The van der Waals surface area contributed by atoms with Gasteiger partial charge in [0.1, 0.15) is 16.2 Å². The average molecular weight is 384 g/mol. The number of anilines is 2. The molecule has 0 spiro atoms. The van der Waals surface area contributed by atoms with Crippen LogP contribution in [0.15, 0.2) is 47.1 Å². The highest BCUT2D eigenvalue weighted by atomic mass is 32.2. The number of thioether (sulfide) groups is 1. The molecule has 0 aliphatic carbocycles. The minimum atomic E-state index is -0.109. The lowest BCUT2D eigenvalue weighted by Crippen LogP contribution is -2.23. The molecular formula is C18H16N4O2S2. The second kappa shape index (κ2) is 7.43. The average Bonchev–Trinajstić information content (AvgIpc) is 3.29. The Labute approximate surface area is 158 Å². The number of nitrogens with zero attached hydrogens (tertiary/aromatic N) is 3. The molecule has 0 bridgehead atoms. The van der Waals surface area contributed by atoms with Crippen molar-refractivity contribution in [2.75, 3.05) is 22.5 Å². The van der Waals surface area contributed by atoms with Gasteiger partial charge in [0, 0.05) is 29.7 Å². The van der Waals surface area contributed by atoms with Gasteiger partial charge in [0.25, 0.3) is 0 Å². The van der Waals surface area contributed by atoms with Crippen LogP contribution in [-0.2, 0) is 9.59 Å². The molecule has 2 amide bonds. The molecule has 1 aliphatic heterocycles. The number of benzene rings is 1. The van der Waals surface area contributed by atoms with Crippen molar-refractivity contribution >= 4 is 56.5 Å². The van der Waals surface area contributed by atoms with Crippen LogP contribution < -0.4 is 10.2 Å². The van der Waals surface area contributed by atoms with Crippen LogP contribution in [0.4, 0.5) is 11.4 Å². The number of aromatic nitrogens is 2.